The zero-order valence-electron chi connectivity index (χ0n) is 13.2. The third kappa shape index (κ3) is 7.36. The lowest BCUT2D eigenvalue weighted by Gasteiger charge is -2.08. The van der Waals surface area contributed by atoms with E-state index in [9.17, 15) is 8.42 Å². The van der Waals surface area contributed by atoms with Crippen LogP contribution in [-0.4, -0.2) is 38.5 Å². The molecule has 0 unspecified atom stereocenters. The van der Waals surface area contributed by atoms with Crippen LogP contribution in [0.3, 0.4) is 0 Å². The summed E-state index contributed by atoms with van der Waals surface area (Å²) in [5.41, 5.74) is 2.37. The average molecular weight is 321 g/mol. The van der Waals surface area contributed by atoms with Crippen molar-refractivity contribution in [3.05, 3.63) is 65.7 Å². The van der Waals surface area contributed by atoms with Gasteiger partial charge in [-0.3, -0.25) is 4.55 Å². The van der Waals surface area contributed by atoms with Crippen LogP contribution in [0.4, 0.5) is 0 Å². The summed E-state index contributed by atoms with van der Waals surface area (Å²) in [7, 11) is 0.181. The quantitative estimate of drug-likeness (QED) is 0.880. The van der Waals surface area contributed by atoms with Crippen LogP contribution in [-0.2, 0) is 16.5 Å². The van der Waals surface area contributed by atoms with E-state index in [0.29, 0.717) is 0 Å². The normalized spacial score (nSPS) is 11.0. The van der Waals surface area contributed by atoms with Crippen molar-refractivity contribution in [1.82, 2.24) is 4.90 Å². The van der Waals surface area contributed by atoms with Crippen LogP contribution in [0.1, 0.15) is 11.1 Å². The Labute approximate surface area is 133 Å². The molecule has 0 atom stereocenters. The van der Waals surface area contributed by atoms with Crippen LogP contribution in [0.2, 0.25) is 0 Å². The van der Waals surface area contributed by atoms with Crippen molar-refractivity contribution in [2.24, 2.45) is 0 Å². The molecule has 2 aromatic rings. The summed E-state index contributed by atoms with van der Waals surface area (Å²) in [5.74, 6) is 0. The summed E-state index contributed by atoms with van der Waals surface area (Å²) < 4.78 is 29.6. The molecule has 0 bridgehead atoms. The number of rotatable bonds is 4. The van der Waals surface area contributed by atoms with Crippen LogP contribution in [0.15, 0.2) is 59.5 Å². The number of hydrogen-bond acceptors (Lipinski definition) is 3. The van der Waals surface area contributed by atoms with Crippen molar-refractivity contribution in [2.75, 3.05) is 20.6 Å². The molecule has 120 valence electrons. The minimum Gasteiger partial charge on any atom is -0.309 e. The molecule has 0 spiro atoms. The number of nitrogens with zero attached hydrogens (tertiary/aromatic N) is 1. The van der Waals surface area contributed by atoms with Gasteiger partial charge in [-0.15, -0.1) is 0 Å². The van der Waals surface area contributed by atoms with Gasteiger partial charge in [-0.1, -0.05) is 48.0 Å². The predicted octanol–water partition coefficient (Wildman–Crippen LogP) is 3.03. The van der Waals surface area contributed by atoms with Crippen molar-refractivity contribution in [1.29, 1.82) is 0 Å². The minimum atomic E-state index is -4.02. The summed E-state index contributed by atoms with van der Waals surface area (Å²) in [5, 5.41) is 0. The van der Waals surface area contributed by atoms with E-state index in [-0.39, 0.29) is 4.90 Å². The largest absolute Gasteiger partial charge is 0.309 e. The van der Waals surface area contributed by atoms with Crippen LogP contribution in [0.25, 0.3) is 0 Å². The molecule has 0 aliphatic rings. The highest BCUT2D eigenvalue weighted by atomic mass is 32.2. The second-order valence-electron chi connectivity index (χ2n) is 5.33. The summed E-state index contributed by atoms with van der Waals surface area (Å²) >= 11 is 0. The summed E-state index contributed by atoms with van der Waals surface area (Å²) in [4.78, 5) is 2.13. The molecule has 0 aliphatic heterocycles. The van der Waals surface area contributed by atoms with Gasteiger partial charge >= 0.3 is 0 Å². The first-order valence-electron chi connectivity index (χ1n) is 7.02. The fraction of sp³-hybridized carbons (Fsp3) is 0.294. The molecular formula is C17H23NO3S. The second-order valence-corrected chi connectivity index (χ2v) is 6.75. The smallest absolute Gasteiger partial charge is 0.294 e. The van der Waals surface area contributed by atoms with E-state index in [1.165, 1.54) is 17.7 Å². The van der Waals surface area contributed by atoms with E-state index in [1.54, 1.807) is 12.1 Å². The number of likely N-dealkylation sites (N-methyl/N-ethyl adjacent to an activating group) is 1. The third-order valence-corrected chi connectivity index (χ3v) is 3.88. The Kier molecular flexibility index (Phi) is 7.24. The van der Waals surface area contributed by atoms with Gasteiger partial charge in [0, 0.05) is 6.54 Å². The van der Waals surface area contributed by atoms with E-state index in [1.807, 2.05) is 6.92 Å². The van der Waals surface area contributed by atoms with Gasteiger partial charge in [0.2, 0.25) is 0 Å². The second kappa shape index (κ2) is 8.68. The first-order valence-corrected chi connectivity index (χ1v) is 8.46. The maximum absolute atomic E-state index is 10.5. The van der Waals surface area contributed by atoms with E-state index in [0.717, 1.165) is 18.5 Å². The Morgan fingerprint density at radius 2 is 1.50 bits per heavy atom. The summed E-state index contributed by atoms with van der Waals surface area (Å²) in [6.07, 6.45) is 1.15. The van der Waals surface area contributed by atoms with Gasteiger partial charge in [0.15, 0.2) is 0 Å². The third-order valence-electron chi connectivity index (χ3n) is 3.01. The van der Waals surface area contributed by atoms with Gasteiger partial charge in [-0.25, -0.2) is 0 Å². The lowest BCUT2D eigenvalue weighted by molar-refractivity contribution is 0.413. The lowest BCUT2D eigenvalue weighted by Crippen LogP contribution is -2.14. The lowest BCUT2D eigenvalue weighted by atomic mass is 10.1. The molecule has 0 saturated heterocycles. The molecule has 5 heteroatoms. The highest BCUT2D eigenvalue weighted by Crippen LogP contribution is 2.08. The van der Waals surface area contributed by atoms with Crippen LogP contribution in [0.5, 0.6) is 0 Å². The SMILES string of the molecule is CN(C)CCc1ccccc1.Cc1ccc(S(=O)(=O)O)cc1. The van der Waals surface area contributed by atoms with Gasteiger partial charge in [0.1, 0.15) is 0 Å². The molecule has 0 radical (unpaired) electrons. The van der Waals surface area contributed by atoms with Crippen molar-refractivity contribution >= 4 is 10.1 Å². The maximum atomic E-state index is 10.5. The maximum Gasteiger partial charge on any atom is 0.294 e. The molecule has 2 aromatic carbocycles. The van der Waals surface area contributed by atoms with E-state index >= 15 is 0 Å². The van der Waals surface area contributed by atoms with Crippen LogP contribution >= 0.6 is 0 Å². The monoisotopic (exact) mass is 321 g/mol. The first kappa shape index (κ1) is 18.4. The van der Waals surface area contributed by atoms with Crippen molar-refractivity contribution in [3.63, 3.8) is 0 Å². The topological polar surface area (TPSA) is 57.6 Å². The highest BCUT2D eigenvalue weighted by molar-refractivity contribution is 7.85. The predicted molar refractivity (Wildman–Crippen MR) is 89.7 cm³/mol. The van der Waals surface area contributed by atoms with Gasteiger partial charge in [-0.2, -0.15) is 8.42 Å². The molecule has 2 rings (SSSR count). The van der Waals surface area contributed by atoms with Crippen molar-refractivity contribution < 1.29 is 13.0 Å². The zero-order chi connectivity index (χ0) is 16.6. The van der Waals surface area contributed by atoms with Gasteiger partial charge in [0.05, 0.1) is 4.90 Å². The first-order chi connectivity index (χ1) is 10.3. The molecule has 22 heavy (non-hydrogen) atoms. The number of hydrogen-bond donors (Lipinski definition) is 1. The fourth-order valence-electron chi connectivity index (χ4n) is 1.71. The summed E-state index contributed by atoms with van der Waals surface area (Å²) in [6, 6.07) is 16.6. The van der Waals surface area contributed by atoms with Gasteiger partial charge in [-0.05, 0) is 45.1 Å². The van der Waals surface area contributed by atoms with E-state index in [4.69, 9.17) is 4.55 Å². The Hall–Kier alpha value is -1.69. The molecule has 0 aromatic heterocycles. The molecule has 0 saturated carbocycles. The average Bonchev–Trinajstić information content (AvgIpc) is 2.46. The number of aryl methyl sites for hydroxylation is 1. The molecule has 0 amide bonds. The van der Waals surface area contributed by atoms with Crippen LogP contribution < -0.4 is 0 Å². The standard InChI is InChI=1S/C10H15N.C7H8O3S/c1-11(2)9-8-10-6-4-3-5-7-10;1-6-2-4-7(5-3-6)11(8,9)10/h3-7H,8-9H2,1-2H3;2-5H,1H3,(H,8,9,10). The molecule has 1 N–H and O–H groups in total. The number of benzene rings is 2. The molecule has 4 nitrogen and oxygen atoms in total. The van der Waals surface area contributed by atoms with Crippen molar-refractivity contribution in [2.45, 2.75) is 18.2 Å². The Morgan fingerprint density at radius 3 is 1.95 bits per heavy atom. The highest BCUT2D eigenvalue weighted by Gasteiger charge is 2.06. The van der Waals surface area contributed by atoms with E-state index < -0.39 is 10.1 Å². The van der Waals surface area contributed by atoms with Gasteiger partial charge in [0.25, 0.3) is 10.1 Å². The zero-order valence-corrected chi connectivity index (χ0v) is 14.0. The van der Waals surface area contributed by atoms with Crippen LogP contribution in [0, 0.1) is 6.92 Å². The Bertz CT molecular complexity index is 650. The molecular weight excluding hydrogens is 298 g/mol. The summed E-state index contributed by atoms with van der Waals surface area (Å²) in [6.45, 7) is 2.97. The van der Waals surface area contributed by atoms with E-state index in [2.05, 4.69) is 49.3 Å². The molecule has 0 heterocycles. The Balaban J connectivity index is 0.000000220. The van der Waals surface area contributed by atoms with Gasteiger partial charge < -0.3 is 4.90 Å². The fourth-order valence-corrected chi connectivity index (χ4v) is 2.19. The Morgan fingerprint density at radius 1 is 0.955 bits per heavy atom. The molecule has 0 aliphatic carbocycles. The minimum absolute atomic E-state index is 0.0666. The molecule has 0 fully saturated rings. The van der Waals surface area contributed by atoms with Crippen molar-refractivity contribution in [3.8, 4) is 0 Å².